The van der Waals surface area contributed by atoms with Gasteiger partial charge in [0.2, 0.25) is 28.5 Å². The van der Waals surface area contributed by atoms with Crippen LogP contribution in [0.25, 0.3) is 51.5 Å². The maximum Gasteiger partial charge on any atom is 0.333 e. The topological polar surface area (TPSA) is 121 Å². The van der Waals surface area contributed by atoms with Crippen molar-refractivity contribution >= 4 is 132 Å². The standard InChI is InChI=1S/C49H22F4O8S4/c50-24-13-27-28(38(54)41(57)36(27)32(53)16-24)17-26-18-34-42(62-26)44-46(64-34)45-43(65-44)37-33(63-45)12-23(11-29-35-30(40(56)39(29)55)14-25(51)15-31(35)52)49(37,47(58)60-19-21-7-3-1-4-8-21)48(59)61-20-22-9-5-2-6-10-22/h1-18H,19-20H2/b28-17-,29-11-. The van der Waals surface area contributed by atoms with E-state index in [4.69, 9.17) is 9.47 Å². The second-order valence-electron chi connectivity index (χ2n) is 15.2. The molecular weight excluding hydrogens is 921 g/mol. The summed E-state index contributed by atoms with van der Waals surface area (Å²) in [7, 11) is 0. The summed E-state index contributed by atoms with van der Waals surface area (Å²) >= 11 is 5.16. The van der Waals surface area contributed by atoms with Gasteiger partial charge in [0.15, 0.2) is 0 Å². The Morgan fingerprint density at radius 3 is 1.77 bits per heavy atom. The Bertz CT molecular complexity index is 3550. The lowest BCUT2D eigenvalue weighted by atomic mass is 9.76. The Morgan fingerprint density at radius 1 is 0.554 bits per heavy atom. The molecule has 0 saturated carbocycles. The number of hydrogen-bond acceptors (Lipinski definition) is 12. The van der Waals surface area contributed by atoms with E-state index in [1.54, 1.807) is 66.7 Å². The van der Waals surface area contributed by atoms with Crippen molar-refractivity contribution in [2.45, 2.75) is 18.6 Å². The minimum absolute atomic E-state index is 0.137. The van der Waals surface area contributed by atoms with Crippen molar-refractivity contribution in [3.05, 3.63) is 175 Å². The Kier molecular flexibility index (Phi) is 9.44. The quantitative estimate of drug-likeness (QED) is 0.0485. The number of esters is 2. The van der Waals surface area contributed by atoms with Crippen LogP contribution in [0.5, 0.6) is 0 Å². The Balaban J connectivity index is 1.10. The number of rotatable bonds is 8. The van der Waals surface area contributed by atoms with Crippen LogP contribution in [0, 0.1) is 23.3 Å². The van der Waals surface area contributed by atoms with E-state index >= 15 is 14.0 Å². The zero-order valence-corrected chi connectivity index (χ0v) is 36.0. The van der Waals surface area contributed by atoms with Gasteiger partial charge in [-0.3, -0.25) is 28.8 Å². The lowest BCUT2D eigenvalue weighted by molar-refractivity contribution is -0.164. The Hall–Kier alpha value is -6.98. The molecule has 0 N–H and O–H groups in total. The molecule has 0 aliphatic heterocycles. The molecule has 8 nitrogen and oxygen atoms in total. The van der Waals surface area contributed by atoms with Crippen LogP contribution in [0.4, 0.5) is 17.6 Å². The number of ether oxygens (including phenoxy) is 2. The monoisotopic (exact) mass is 942 g/mol. The van der Waals surface area contributed by atoms with Gasteiger partial charge in [-0.15, -0.1) is 45.3 Å². The van der Waals surface area contributed by atoms with Crippen LogP contribution in [-0.4, -0.2) is 35.1 Å². The van der Waals surface area contributed by atoms with Gasteiger partial charge in [0.05, 0.1) is 29.1 Å². The molecule has 3 aliphatic rings. The molecular formula is C49H22F4O8S4. The average molecular weight is 943 g/mol. The maximum absolute atomic E-state index is 15.6. The molecule has 4 aromatic heterocycles. The van der Waals surface area contributed by atoms with Gasteiger partial charge in [-0.05, 0) is 53.1 Å². The number of benzene rings is 4. The van der Waals surface area contributed by atoms with Gasteiger partial charge < -0.3 is 9.47 Å². The lowest BCUT2D eigenvalue weighted by Crippen LogP contribution is -2.46. The fourth-order valence-electron chi connectivity index (χ4n) is 8.51. The van der Waals surface area contributed by atoms with Crippen LogP contribution in [0.1, 0.15) is 58.3 Å². The number of halogens is 4. The maximum atomic E-state index is 15.6. The van der Waals surface area contributed by atoms with Crippen molar-refractivity contribution in [1.29, 1.82) is 0 Å². The molecule has 318 valence electrons. The molecule has 65 heavy (non-hydrogen) atoms. The zero-order chi connectivity index (χ0) is 45.1. The first-order valence-electron chi connectivity index (χ1n) is 19.5. The van der Waals surface area contributed by atoms with Gasteiger partial charge >= 0.3 is 11.9 Å². The number of ketones is 4. The summed E-state index contributed by atoms with van der Waals surface area (Å²) in [6.07, 6.45) is 4.05. The second-order valence-corrected chi connectivity index (χ2v) is 19.4. The average Bonchev–Trinajstić information content (AvgIpc) is 4.14. The Labute approximate surface area is 379 Å². The zero-order valence-electron chi connectivity index (χ0n) is 32.7. The summed E-state index contributed by atoms with van der Waals surface area (Å²) < 4.78 is 75.2. The van der Waals surface area contributed by atoms with Crippen LogP contribution in [0.15, 0.2) is 103 Å². The van der Waals surface area contributed by atoms with Crippen molar-refractivity contribution in [2.75, 3.05) is 0 Å². The van der Waals surface area contributed by atoms with Gasteiger partial charge in [-0.25, -0.2) is 17.6 Å². The third-order valence-electron chi connectivity index (χ3n) is 11.4. The second kappa shape index (κ2) is 15.1. The highest BCUT2D eigenvalue weighted by Crippen LogP contribution is 2.58. The third-order valence-corrected chi connectivity index (χ3v) is 16.7. The number of carbonyl (C=O) groups is 6. The summed E-state index contributed by atoms with van der Waals surface area (Å²) in [5.74, 6) is -10.8. The highest BCUT2D eigenvalue weighted by molar-refractivity contribution is 7.44. The number of Topliss-reactive ketones (excluding diaryl/α,β-unsaturated/α-hetero) is 4. The first-order valence-corrected chi connectivity index (χ1v) is 22.8. The van der Waals surface area contributed by atoms with E-state index in [-0.39, 0.29) is 35.5 Å². The molecule has 0 radical (unpaired) electrons. The highest BCUT2D eigenvalue weighted by atomic mass is 32.1. The van der Waals surface area contributed by atoms with E-state index in [0.29, 0.717) is 42.4 Å². The van der Waals surface area contributed by atoms with Crippen molar-refractivity contribution in [2.24, 2.45) is 0 Å². The van der Waals surface area contributed by atoms with E-state index in [9.17, 15) is 32.3 Å². The van der Waals surface area contributed by atoms with Gasteiger partial charge in [-0.1, -0.05) is 60.7 Å². The van der Waals surface area contributed by atoms with E-state index in [1.165, 1.54) is 57.5 Å². The molecule has 0 unspecified atom stereocenters. The number of hydrogen-bond donors (Lipinski definition) is 0. The van der Waals surface area contributed by atoms with Crippen molar-refractivity contribution < 1.29 is 55.8 Å². The van der Waals surface area contributed by atoms with Gasteiger partial charge in [-0.2, -0.15) is 0 Å². The molecule has 0 spiro atoms. The fourth-order valence-corrected chi connectivity index (χ4v) is 14.4. The molecule has 0 fully saturated rings. The number of carbonyl (C=O) groups excluding carboxylic acids is 6. The van der Waals surface area contributed by atoms with Crippen LogP contribution in [0.2, 0.25) is 0 Å². The smallest absolute Gasteiger partial charge is 0.333 e. The molecule has 4 heterocycles. The normalized spacial score (nSPS) is 16.3. The number of allylic oxidation sites excluding steroid dienone is 3. The summed E-state index contributed by atoms with van der Waals surface area (Å²) in [5.41, 5.74) is -3.45. The largest absolute Gasteiger partial charge is 0.459 e. The first kappa shape index (κ1) is 40.8. The predicted octanol–water partition coefficient (Wildman–Crippen LogP) is 11.2. The molecule has 0 amide bonds. The van der Waals surface area contributed by atoms with E-state index in [2.05, 4.69) is 0 Å². The molecule has 0 bridgehead atoms. The van der Waals surface area contributed by atoms with Crippen molar-refractivity contribution in [3.8, 4) is 0 Å². The molecule has 4 aromatic carbocycles. The highest BCUT2D eigenvalue weighted by Gasteiger charge is 2.59. The molecule has 0 saturated heterocycles. The molecule has 8 aromatic rings. The van der Waals surface area contributed by atoms with E-state index in [0.717, 1.165) is 37.0 Å². The van der Waals surface area contributed by atoms with Gasteiger partial charge in [0.25, 0.3) is 0 Å². The van der Waals surface area contributed by atoms with Crippen LogP contribution < -0.4 is 0 Å². The molecule has 11 rings (SSSR count). The fraction of sp³-hybridized carbons (Fsp3) is 0.0612. The van der Waals surface area contributed by atoms with E-state index in [1.807, 2.05) is 0 Å². The van der Waals surface area contributed by atoms with Gasteiger partial charge in [0, 0.05) is 60.0 Å². The number of fused-ring (bicyclic) bond motifs is 9. The van der Waals surface area contributed by atoms with Crippen LogP contribution in [-0.2, 0) is 47.3 Å². The molecule has 3 aliphatic carbocycles. The predicted molar refractivity (Wildman–Crippen MR) is 240 cm³/mol. The Morgan fingerprint density at radius 2 is 1.12 bits per heavy atom. The summed E-state index contributed by atoms with van der Waals surface area (Å²) in [4.78, 5) is 83.8. The van der Waals surface area contributed by atoms with E-state index < -0.39 is 86.0 Å². The number of thiophene rings is 4. The summed E-state index contributed by atoms with van der Waals surface area (Å²) in [6.45, 7) is -0.557. The minimum atomic E-state index is -2.45. The van der Waals surface area contributed by atoms with Crippen molar-refractivity contribution in [1.82, 2.24) is 0 Å². The first-order chi connectivity index (χ1) is 31.3. The lowest BCUT2D eigenvalue weighted by Gasteiger charge is -2.28. The third kappa shape index (κ3) is 6.19. The molecule has 16 heteroatoms. The molecule has 0 atom stereocenters. The van der Waals surface area contributed by atoms with Crippen LogP contribution in [0.3, 0.4) is 0 Å². The SMILES string of the molecule is O=C1C(=O)c2c(F)cc(F)cc2/C1=C/c1cc2sc3c4sc5c(c4sc3c2s1)C(C(=O)OCc1ccccc1)(C(=O)OCc1ccccc1)C(/C=C1\C(=O)C(=O)c2cc(F)cc(F)c21)=C5. The summed E-state index contributed by atoms with van der Waals surface area (Å²) in [6, 6.07) is 22.0. The van der Waals surface area contributed by atoms with Crippen molar-refractivity contribution in [3.63, 3.8) is 0 Å². The summed E-state index contributed by atoms with van der Waals surface area (Å²) in [5, 5.41) is 0. The van der Waals surface area contributed by atoms with Crippen LogP contribution >= 0.6 is 45.3 Å². The van der Waals surface area contributed by atoms with Gasteiger partial charge in [0.1, 0.15) is 36.5 Å². The minimum Gasteiger partial charge on any atom is -0.459 e.